The number of nitrogens with two attached hydrogens (primary N) is 1. The molecule has 1 amide bonds. The summed E-state index contributed by atoms with van der Waals surface area (Å²) in [4.78, 5) is 12.9. The summed E-state index contributed by atoms with van der Waals surface area (Å²) < 4.78 is 0. The quantitative estimate of drug-likeness (QED) is 0.802. The van der Waals surface area contributed by atoms with Crippen molar-refractivity contribution in [3.8, 4) is 0 Å². The van der Waals surface area contributed by atoms with Crippen molar-refractivity contribution in [2.24, 2.45) is 5.92 Å². The van der Waals surface area contributed by atoms with E-state index < -0.39 is 6.09 Å². The van der Waals surface area contributed by atoms with E-state index in [0.29, 0.717) is 18.4 Å². The van der Waals surface area contributed by atoms with E-state index >= 15 is 0 Å². The van der Waals surface area contributed by atoms with Crippen molar-refractivity contribution < 1.29 is 9.90 Å². The van der Waals surface area contributed by atoms with Crippen LogP contribution in [0.3, 0.4) is 0 Å². The molecule has 18 heavy (non-hydrogen) atoms. The van der Waals surface area contributed by atoms with Crippen LogP contribution >= 0.6 is 0 Å². The number of anilines is 1. The number of hydrogen-bond acceptors (Lipinski definition) is 2. The Bertz CT molecular complexity index is 453. The minimum Gasteiger partial charge on any atom is -0.465 e. The van der Waals surface area contributed by atoms with Crippen LogP contribution in [0, 0.1) is 5.92 Å². The highest BCUT2D eigenvalue weighted by Crippen LogP contribution is 2.46. The van der Waals surface area contributed by atoms with Crippen LogP contribution in [0.4, 0.5) is 10.5 Å². The summed E-state index contributed by atoms with van der Waals surface area (Å²) in [7, 11) is 0. The Morgan fingerprint density at radius 1 is 1.33 bits per heavy atom. The SMILES string of the molecule is Nc1ccc([C@@H]2C[C@H]2N(CC2CC2)C(=O)O)cc1. The number of nitrogens with zero attached hydrogens (tertiary/aromatic N) is 1. The molecule has 0 unspecified atom stereocenters. The molecule has 2 saturated carbocycles. The molecule has 0 aromatic heterocycles. The Kier molecular flexibility index (Phi) is 2.65. The summed E-state index contributed by atoms with van der Waals surface area (Å²) >= 11 is 0. The third-order valence-corrected chi connectivity index (χ3v) is 3.92. The van der Waals surface area contributed by atoms with Crippen LogP contribution < -0.4 is 5.73 Å². The zero-order valence-corrected chi connectivity index (χ0v) is 10.2. The van der Waals surface area contributed by atoms with E-state index in [1.807, 2.05) is 24.3 Å². The molecular formula is C14H18N2O2. The Hall–Kier alpha value is -1.71. The molecule has 0 saturated heterocycles. The minimum atomic E-state index is -0.773. The average Bonchev–Trinajstić information content (AvgIpc) is 3.21. The van der Waals surface area contributed by atoms with Gasteiger partial charge in [0.15, 0.2) is 0 Å². The Morgan fingerprint density at radius 3 is 2.56 bits per heavy atom. The average molecular weight is 246 g/mol. The Morgan fingerprint density at radius 2 is 2.00 bits per heavy atom. The second kappa shape index (κ2) is 4.19. The first-order valence-corrected chi connectivity index (χ1v) is 6.50. The predicted octanol–water partition coefficient (Wildman–Crippen LogP) is 2.51. The number of nitrogen functional groups attached to an aromatic ring is 1. The highest BCUT2D eigenvalue weighted by Gasteiger charge is 2.46. The van der Waals surface area contributed by atoms with Crippen molar-refractivity contribution in [1.29, 1.82) is 0 Å². The zero-order valence-electron chi connectivity index (χ0n) is 10.2. The Balaban J connectivity index is 1.67. The fourth-order valence-electron chi connectivity index (χ4n) is 2.56. The highest BCUT2D eigenvalue weighted by atomic mass is 16.4. The number of amides is 1. The van der Waals surface area contributed by atoms with E-state index in [-0.39, 0.29) is 6.04 Å². The third kappa shape index (κ3) is 2.28. The second-order valence-electron chi connectivity index (χ2n) is 5.45. The lowest BCUT2D eigenvalue weighted by atomic mass is 10.1. The van der Waals surface area contributed by atoms with E-state index in [1.165, 1.54) is 18.4 Å². The molecule has 0 bridgehead atoms. The molecule has 2 aliphatic carbocycles. The van der Waals surface area contributed by atoms with Gasteiger partial charge in [-0.25, -0.2) is 4.79 Å². The Labute approximate surface area is 106 Å². The fraction of sp³-hybridized carbons (Fsp3) is 0.500. The lowest BCUT2D eigenvalue weighted by Crippen LogP contribution is -2.34. The largest absolute Gasteiger partial charge is 0.465 e. The summed E-state index contributed by atoms with van der Waals surface area (Å²) in [5, 5.41) is 9.28. The van der Waals surface area contributed by atoms with Gasteiger partial charge in [0, 0.05) is 24.2 Å². The summed E-state index contributed by atoms with van der Waals surface area (Å²) in [6.45, 7) is 0.714. The van der Waals surface area contributed by atoms with Crippen LogP contribution in [0.25, 0.3) is 0 Å². The number of carbonyl (C=O) groups is 1. The van der Waals surface area contributed by atoms with Gasteiger partial charge in [-0.2, -0.15) is 0 Å². The van der Waals surface area contributed by atoms with Gasteiger partial charge in [0.05, 0.1) is 0 Å². The molecule has 0 aliphatic heterocycles. The molecule has 4 nitrogen and oxygen atoms in total. The van der Waals surface area contributed by atoms with Gasteiger partial charge in [-0.1, -0.05) is 12.1 Å². The van der Waals surface area contributed by atoms with Crippen LogP contribution in [0.1, 0.15) is 30.7 Å². The number of benzene rings is 1. The molecular weight excluding hydrogens is 228 g/mol. The maximum Gasteiger partial charge on any atom is 0.407 e. The van der Waals surface area contributed by atoms with E-state index in [2.05, 4.69) is 0 Å². The monoisotopic (exact) mass is 246 g/mol. The summed E-state index contributed by atoms with van der Waals surface area (Å²) in [5.74, 6) is 0.967. The van der Waals surface area contributed by atoms with Gasteiger partial charge in [-0.3, -0.25) is 0 Å². The maximum atomic E-state index is 11.3. The van der Waals surface area contributed by atoms with Gasteiger partial charge in [-0.05, 0) is 42.9 Å². The highest BCUT2D eigenvalue weighted by molar-refractivity contribution is 5.66. The van der Waals surface area contributed by atoms with Gasteiger partial charge in [0.25, 0.3) is 0 Å². The van der Waals surface area contributed by atoms with E-state index in [0.717, 1.165) is 12.1 Å². The first kappa shape index (κ1) is 11.4. The first-order valence-electron chi connectivity index (χ1n) is 6.50. The van der Waals surface area contributed by atoms with Gasteiger partial charge < -0.3 is 15.7 Å². The third-order valence-electron chi connectivity index (χ3n) is 3.92. The molecule has 2 aliphatic rings. The fourth-order valence-corrected chi connectivity index (χ4v) is 2.56. The molecule has 3 N–H and O–H groups in total. The maximum absolute atomic E-state index is 11.3. The summed E-state index contributed by atoms with van der Waals surface area (Å²) in [6, 6.07) is 7.97. The molecule has 2 atom stereocenters. The van der Waals surface area contributed by atoms with E-state index in [1.54, 1.807) is 4.90 Å². The molecule has 0 heterocycles. The summed E-state index contributed by atoms with van der Waals surface area (Å²) in [5.41, 5.74) is 7.62. The molecule has 1 aromatic rings. The van der Waals surface area contributed by atoms with E-state index in [9.17, 15) is 9.90 Å². The molecule has 0 radical (unpaired) electrons. The van der Waals surface area contributed by atoms with Crippen molar-refractivity contribution >= 4 is 11.8 Å². The molecule has 96 valence electrons. The van der Waals surface area contributed by atoms with Gasteiger partial charge in [-0.15, -0.1) is 0 Å². The standard InChI is InChI=1S/C14H18N2O2/c15-11-5-3-10(4-6-11)12-7-13(12)16(14(17)18)8-9-1-2-9/h3-6,9,12-13H,1-2,7-8,15H2,(H,17,18)/t12-,13+/m0/s1. The lowest BCUT2D eigenvalue weighted by molar-refractivity contribution is 0.139. The van der Waals surface area contributed by atoms with Crippen molar-refractivity contribution in [2.45, 2.75) is 31.2 Å². The zero-order chi connectivity index (χ0) is 12.7. The molecule has 3 rings (SSSR count). The molecule has 4 heteroatoms. The van der Waals surface area contributed by atoms with Gasteiger partial charge in [0.1, 0.15) is 0 Å². The summed E-state index contributed by atoms with van der Waals surface area (Å²) in [6.07, 6.45) is 2.54. The van der Waals surface area contributed by atoms with Crippen LogP contribution in [0.2, 0.25) is 0 Å². The van der Waals surface area contributed by atoms with Crippen molar-refractivity contribution in [1.82, 2.24) is 4.90 Å². The topological polar surface area (TPSA) is 66.6 Å². The normalized spacial score (nSPS) is 25.8. The minimum absolute atomic E-state index is 0.173. The van der Waals surface area contributed by atoms with Crippen molar-refractivity contribution in [2.75, 3.05) is 12.3 Å². The molecule has 2 fully saturated rings. The predicted molar refractivity (Wildman–Crippen MR) is 69.5 cm³/mol. The van der Waals surface area contributed by atoms with Crippen LogP contribution in [-0.4, -0.2) is 28.7 Å². The number of rotatable bonds is 4. The second-order valence-corrected chi connectivity index (χ2v) is 5.45. The van der Waals surface area contributed by atoms with E-state index in [4.69, 9.17) is 5.73 Å². The van der Waals surface area contributed by atoms with Crippen LogP contribution in [0.15, 0.2) is 24.3 Å². The van der Waals surface area contributed by atoms with Gasteiger partial charge in [0.2, 0.25) is 0 Å². The van der Waals surface area contributed by atoms with Crippen LogP contribution in [-0.2, 0) is 0 Å². The first-order chi connectivity index (χ1) is 8.65. The lowest BCUT2D eigenvalue weighted by Gasteiger charge is -2.19. The van der Waals surface area contributed by atoms with Crippen molar-refractivity contribution in [3.05, 3.63) is 29.8 Å². The number of carboxylic acid groups (broad SMARTS) is 1. The molecule has 1 aromatic carbocycles. The van der Waals surface area contributed by atoms with Gasteiger partial charge >= 0.3 is 6.09 Å². The number of hydrogen-bond donors (Lipinski definition) is 2. The van der Waals surface area contributed by atoms with Crippen LogP contribution in [0.5, 0.6) is 0 Å². The van der Waals surface area contributed by atoms with Crippen molar-refractivity contribution in [3.63, 3.8) is 0 Å². The molecule has 0 spiro atoms. The smallest absolute Gasteiger partial charge is 0.407 e.